The summed E-state index contributed by atoms with van der Waals surface area (Å²) in [5.41, 5.74) is 3.66. The van der Waals surface area contributed by atoms with Crippen LogP contribution in [0, 0.1) is 12.8 Å². The first kappa shape index (κ1) is 19.2. The fourth-order valence-corrected chi connectivity index (χ4v) is 3.49. The smallest absolute Gasteiger partial charge is 0.244 e. The molecule has 0 radical (unpaired) electrons. The van der Waals surface area contributed by atoms with Crippen LogP contribution < -0.4 is 10.0 Å². The van der Waals surface area contributed by atoms with Gasteiger partial charge in [0, 0.05) is 11.8 Å². The largest absolute Gasteiger partial charge is 0.345 e. The number of rotatable bonds is 7. The second kappa shape index (κ2) is 7.96. The quantitative estimate of drug-likeness (QED) is 0.716. The number of aryl methyl sites for hydroxylation is 1. The Balaban J connectivity index is 1.62. The summed E-state index contributed by atoms with van der Waals surface area (Å²) in [5.74, 6) is 0.372. The van der Waals surface area contributed by atoms with E-state index in [2.05, 4.69) is 34.3 Å². The van der Waals surface area contributed by atoms with Gasteiger partial charge in [-0.05, 0) is 55.0 Å². The van der Waals surface area contributed by atoms with E-state index in [1.54, 1.807) is 30.3 Å². The molecule has 0 aromatic heterocycles. The lowest BCUT2D eigenvalue weighted by molar-refractivity contribution is -0.117. The molecule has 0 bridgehead atoms. The van der Waals surface area contributed by atoms with Crippen molar-refractivity contribution in [2.24, 2.45) is 5.92 Å². The summed E-state index contributed by atoms with van der Waals surface area (Å²) < 4.78 is 24.9. The number of carbonyl (C=O) groups excluding carboxylic acids is 1. The van der Waals surface area contributed by atoms with Crippen LogP contribution in [0.5, 0.6) is 0 Å². The van der Waals surface area contributed by atoms with Crippen molar-refractivity contribution in [1.29, 1.82) is 0 Å². The topological polar surface area (TPSA) is 75.3 Å². The molecule has 0 spiro atoms. The van der Waals surface area contributed by atoms with E-state index in [4.69, 9.17) is 0 Å². The van der Waals surface area contributed by atoms with E-state index in [0.29, 0.717) is 11.6 Å². The average molecular weight is 385 g/mol. The number of benzene rings is 2. The second-order valence-electron chi connectivity index (χ2n) is 7.06. The zero-order chi connectivity index (χ0) is 19.4. The highest BCUT2D eigenvalue weighted by molar-refractivity contribution is 7.92. The fourth-order valence-electron chi connectivity index (χ4n) is 2.93. The Kier molecular flexibility index (Phi) is 5.65. The van der Waals surface area contributed by atoms with Gasteiger partial charge in [-0.2, -0.15) is 0 Å². The van der Waals surface area contributed by atoms with Crippen molar-refractivity contribution in [1.82, 2.24) is 5.32 Å². The van der Waals surface area contributed by atoms with Gasteiger partial charge in [0.2, 0.25) is 15.9 Å². The Bertz CT molecular complexity index is 928. The van der Waals surface area contributed by atoms with E-state index in [-0.39, 0.29) is 11.9 Å². The van der Waals surface area contributed by atoms with Gasteiger partial charge in [0.05, 0.1) is 12.3 Å². The first-order valence-electron chi connectivity index (χ1n) is 8.93. The first-order chi connectivity index (χ1) is 12.8. The molecule has 1 amide bonds. The fraction of sp³-hybridized carbons (Fsp3) is 0.286. The molecule has 5 nitrogen and oxygen atoms in total. The van der Waals surface area contributed by atoms with Gasteiger partial charge < -0.3 is 5.32 Å². The van der Waals surface area contributed by atoms with Gasteiger partial charge in [-0.1, -0.05) is 42.0 Å². The summed E-state index contributed by atoms with van der Waals surface area (Å²) in [6, 6.07) is 15.2. The molecule has 3 rings (SSSR count). The Morgan fingerprint density at radius 1 is 1.07 bits per heavy atom. The van der Waals surface area contributed by atoms with Crippen LogP contribution in [0.15, 0.2) is 54.6 Å². The molecule has 1 unspecified atom stereocenters. The summed E-state index contributed by atoms with van der Waals surface area (Å²) in [7, 11) is -3.29. The van der Waals surface area contributed by atoms with Gasteiger partial charge in [-0.15, -0.1) is 0 Å². The molecule has 1 atom stereocenters. The van der Waals surface area contributed by atoms with E-state index in [1.165, 1.54) is 11.6 Å². The molecule has 142 valence electrons. The average Bonchev–Trinajstić information content (AvgIpc) is 3.44. The molecule has 1 aliphatic carbocycles. The highest BCUT2D eigenvalue weighted by atomic mass is 32.2. The van der Waals surface area contributed by atoms with Crippen molar-refractivity contribution in [3.63, 3.8) is 0 Å². The summed E-state index contributed by atoms with van der Waals surface area (Å²) in [5, 5.41) is 3.11. The van der Waals surface area contributed by atoms with E-state index in [1.807, 2.05) is 6.92 Å². The second-order valence-corrected chi connectivity index (χ2v) is 8.81. The van der Waals surface area contributed by atoms with Gasteiger partial charge >= 0.3 is 0 Å². The van der Waals surface area contributed by atoms with Crippen molar-refractivity contribution >= 4 is 27.7 Å². The normalized spacial score (nSPS) is 15.5. The van der Waals surface area contributed by atoms with Crippen LogP contribution in [0.2, 0.25) is 0 Å². The van der Waals surface area contributed by atoms with Gasteiger partial charge in [0.15, 0.2) is 0 Å². The van der Waals surface area contributed by atoms with Gasteiger partial charge in [-0.3, -0.25) is 9.52 Å². The number of anilines is 1. The van der Waals surface area contributed by atoms with Crippen LogP contribution in [0.3, 0.4) is 0 Å². The highest BCUT2D eigenvalue weighted by Crippen LogP contribution is 2.41. The maximum absolute atomic E-state index is 12.4. The Labute approximate surface area is 160 Å². The number of sulfonamides is 1. The number of carbonyl (C=O) groups is 1. The zero-order valence-corrected chi connectivity index (χ0v) is 16.3. The van der Waals surface area contributed by atoms with Crippen molar-refractivity contribution < 1.29 is 13.2 Å². The molecular formula is C21H24N2O3S. The van der Waals surface area contributed by atoms with Gasteiger partial charge in [0.25, 0.3) is 0 Å². The third-order valence-electron chi connectivity index (χ3n) is 4.47. The van der Waals surface area contributed by atoms with Crippen LogP contribution in [0.25, 0.3) is 6.08 Å². The molecule has 0 heterocycles. The van der Waals surface area contributed by atoms with Crippen LogP contribution in [-0.2, 0) is 14.8 Å². The van der Waals surface area contributed by atoms with E-state index in [0.717, 1.165) is 30.2 Å². The van der Waals surface area contributed by atoms with E-state index in [9.17, 15) is 13.2 Å². The van der Waals surface area contributed by atoms with Crippen LogP contribution >= 0.6 is 0 Å². The summed E-state index contributed by atoms with van der Waals surface area (Å²) in [6.45, 7) is 2.05. The minimum Gasteiger partial charge on any atom is -0.345 e. The molecule has 1 aliphatic rings. The van der Waals surface area contributed by atoms with Gasteiger partial charge in [-0.25, -0.2) is 8.42 Å². The molecule has 2 aromatic carbocycles. The van der Waals surface area contributed by atoms with Crippen molar-refractivity contribution in [2.45, 2.75) is 25.8 Å². The molecule has 2 N–H and O–H groups in total. The third-order valence-corrected chi connectivity index (χ3v) is 5.08. The SMILES string of the molecule is Cc1ccc(C(NC(=O)/C=C/c2ccc(NS(C)(=O)=O)cc2)C2CC2)cc1. The van der Waals surface area contributed by atoms with E-state index >= 15 is 0 Å². The lowest BCUT2D eigenvalue weighted by Gasteiger charge is -2.18. The van der Waals surface area contributed by atoms with Gasteiger partial charge in [0.1, 0.15) is 0 Å². The molecule has 0 aliphatic heterocycles. The number of hydrogen-bond acceptors (Lipinski definition) is 3. The molecule has 2 aromatic rings. The van der Waals surface area contributed by atoms with Crippen molar-refractivity contribution in [3.8, 4) is 0 Å². The molecule has 1 saturated carbocycles. The third kappa shape index (κ3) is 5.96. The monoisotopic (exact) mass is 384 g/mol. The molecule has 0 saturated heterocycles. The minimum absolute atomic E-state index is 0.0455. The summed E-state index contributed by atoms with van der Waals surface area (Å²) >= 11 is 0. The van der Waals surface area contributed by atoms with Crippen LogP contribution in [0.1, 0.15) is 35.6 Å². The van der Waals surface area contributed by atoms with Crippen LogP contribution in [-0.4, -0.2) is 20.6 Å². The van der Waals surface area contributed by atoms with Crippen LogP contribution in [0.4, 0.5) is 5.69 Å². The molecule has 1 fully saturated rings. The minimum atomic E-state index is -3.29. The number of nitrogens with one attached hydrogen (secondary N) is 2. The standard InChI is InChI=1S/C21H24N2O3S/c1-15-3-8-17(9-4-15)21(18-10-11-18)22-20(24)14-7-16-5-12-19(13-6-16)23-27(2,25)26/h3-9,12-14,18,21,23H,10-11H2,1-2H3,(H,22,24)/b14-7+. The number of hydrogen-bond donors (Lipinski definition) is 2. The highest BCUT2D eigenvalue weighted by Gasteiger charge is 2.32. The lowest BCUT2D eigenvalue weighted by atomic mass is 10.0. The Morgan fingerprint density at radius 3 is 2.26 bits per heavy atom. The maximum Gasteiger partial charge on any atom is 0.244 e. The first-order valence-corrected chi connectivity index (χ1v) is 10.8. The zero-order valence-electron chi connectivity index (χ0n) is 15.5. The van der Waals surface area contributed by atoms with Crippen molar-refractivity contribution in [3.05, 3.63) is 71.3 Å². The maximum atomic E-state index is 12.4. The summed E-state index contributed by atoms with van der Waals surface area (Å²) in [4.78, 5) is 12.4. The Morgan fingerprint density at radius 2 is 1.70 bits per heavy atom. The van der Waals surface area contributed by atoms with E-state index < -0.39 is 10.0 Å². The predicted molar refractivity (Wildman–Crippen MR) is 109 cm³/mol. The number of amides is 1. The Hall–Kier alpha value is -2.60. The van der Waals surface area contributed by atoms with Crippen molar-refractivity contribution in [2.75, 3.05) is 11.0 Å². The molecular weight excluding hydrogens is 360 g/mol. The summed E-state index contributed by atoms with van der Waals surface area (Å²) in [6.07, 6.45) is 6.62. The molecule has 27 heavy (non-hydrogen) atoms. The lowest BCUT2D eigenvalue weighted by Crippen LogP contribution is -2.28. The predicted octanol–water partition coefficient (Wildman–Crippen LogP) is 3.65. The molecule has 6 heteroatoms.